The maximum atomic E-state index is 11.7. The van der Waals surface area contributed by atoms with Gasteiger partial charge in [-0.1, -0.05) is 6.07 Å². The fourth-order valence-corrected chi connectivity index (χ4v) is 2.23. The van der Waals surface area contributed by atoms with Crippen LogP contribution in [0.3, 0.4) is 0 Å². The first-order valence-electron chi connectivity index (χ1n) is 6.38. The molecule has 0 saturated carbocycles. The molecule has 1 heterocycles. The molecule has 0 radical (unpaired) electrons. The Balaban J connectivity index is 1.82. The topological polar surface area (TPSA) is 50.4 Å². The van der Waals surface area contributed by atoms with E-state index >= 15 is 0 Å². The second-order valence-corrected chi connectivity index (χ2v) is 4.85. The third-order valence-electron chi connectivity index (χ3n) is 2.99. The first-order chi connectivity index (χ1) is 8.63. The Labute approximate surface area is 108 Å². The van der Waals surface area contributed by atoms with Crippen LogP contribution in [0.4, 0.5) is 10.5 Å². The summed E-state index contributed by atoms with van der Waals surface area (Å²) in [6, 6.07) is 5.82. The number of amides is 2. The molecule has 1 aromatic carbocycles. The van der Waals surface area contributed by atoms with E-state index < -0.39 is 0 Å². The van der Waals surface area contributed by atoms with Crippen molar-refractivity contribution in [2.75, 3.05) is 18.5 Å². The van der Waals surface area contributed by atoms with Crippen molar-refractivity contribution in [1.82, 2.24) is 5.32 Å². The minimum Gasteiger partial charge on any atom is -0.376 e. The van der Waals surface area contributed by atoms with Gasteiger partial charge in [0.15, 0.2) is 0 Å². The molecule has 98 valence electrons. The minimum absolute atomic E-state index is 0.171. The number of rotatable bonds is 3. The number of anilines is 1. The van der Waals surface area contributed by atoms with Gasteiger partial charge in [-0.3, -0.25) is 0 Å². The predicted octanol–water partition coefficient (Wildman–Crippen LogP) is 2.60. The standard InChI is InChI=1S/C14H20N2O2/c1-10-6-11(2)8-12(7-10)16-14(17)15-9-13-4-3-5-18-13/h6-8,13H,3-5,9H2,1-2H3,(H2,15,16,17). The van der Waals surface area contributed by atoms with Crippen LogP contribution in [0.25, 0.3) is 0 Å². The zero-order chi connectivity index (χ0) is 13.0. The van der Waals surface area contributed by atoms with Crippen molar-refractivity contribution in [2.45, 2.75) is 32.8 Å². The molecule has 0 aliphatic carbocycles. The molecule has 1 saturated heterocycles. The number of urea groups is 1. The smallest absolute Gasteiger partial charge is 0.319 e. The molecule has 4 nitrogen and oxygen atoms in total. The van der Waals surface area contributed by atoms with Crippen molar-refractivity contribution in [2.24, 2.45) is 0 Å². The number of ether oxygens (including phenoxy) is 1. The van der Waals surface area contributed by atoms with Crippen LogP contribution in [0.2, 0.25) is 0 Å². The molecule has 1 atom stereocenters. The molecular weight excluding hydrogens is 228 g/mol. The molecule has 2 amide bonds. The van der Waals surface area contributed by atoms with Crippen molar-refractivity contribution < 1.29 is 9.53 Å². The van der Waals surface area contributed by atoms with Crippen LogP contribution in [0.1, 0.15) is 24.0 Å². The molecule has 2 N–H and O–H groups in total. The number of carbonyl (C=O) groups is 1. The number of carbonyl (C=O) groups excluding carboxylic acids is 1. The Hall–Kier alpha value is -1.55. The summed E-state index contributed by atoms with van der Waals surface area (Å²) in [5.74, 6) is 0. The van der Waals surface area contributed by atoms with E-state index in [1.165, 1.54) is 0 Å². The normalized spacial score (nSPS) is 18.7. The van der Waals surface area contributed by atoms with Crippen LogP contribution in [-0.4, -0.2) is 25.3 Å². The predicted molar refractivity (Wildman–Crippen MR) is 71.9 cm³/mol. The summed E-state index contributed by atoms with van der Waals surface area (Å²) in [7, 11) is 0. The van der Waals surface area contributed by atoms with Gasteiger partial charge in [-0.2, -0.15) is 0 Å². The lowest BCUT2D eigenvalue weighted by Gasteiger charge is -2.12. The first-order valence-corrected chi connectivity index (χ1v) is 6.38. The van der Waals surface area contributed by atoms with Crippen LogP contribution in [-0.2, 0) is 4.74 Å². The van der Waals surface area contributed by atoms with Gasteiger partial charge in [-0.25, -0.2) is 4.79 Å². The summed E-state index contributed by atoms with van der Waals surface area (Å²) in [5, 5.41) is 5.68. The van der Waals surface area contributed by atoms with Gasteiger partial charge in [0, 0.05) is 18.8 Å². The summed E-state index contributed by atoms with van der Waals surface area (Å²) >= 11 is 0. The van der Waals surface area contributed by atoms with Crippen LogP contribution in [0.5, 0.6) is 0 Å². The summed E-state index contributed by atoms with van der Waals surface area (Å²) in [4.78, 5) is 11.7. The average Bonchev–Trinajstić information content (AvgIpc) is 2.77. The summed E-state index contributed by atoms with van der Waals surface area (Å²) < 4.78 is 5.45. The van der Waals surface area contributed by atoms with Gasteiger partial charge in [0.05, 0.1) is 6.10 Å². The van der Waals surface area contributed by atoms with Crippen LogP contribution in [0.15, 0.2) is 18.2 Å². The highest BCUT2D eigenvalue weighted by Crippen LogP contribution is 2.14. The van der Waals surface area contributed by atoms with Crippen molar-refractivity contribution in [1.29, 1.82) is 0 Å². The average molecular weight is 248 g/mol. The number of nitrogens with one attached hydrogen (secondary N) is 2. The van der Waals surface area contributed by atoms with E-state index in [-0.39, 0.29) is 12.1 Å². The second-order valence-electron chi connectivity index (χ2n) is 4.85. The lowest BCUT2D eigenvalue weighted by Crippen LogP contribution is -2.35. The molecule has 0 aromatic heterocycles. The van der Waals surface area contributed by atoms with E-state index in [9.17, 15) is 4.79 Å². The molecule has 1 aliphatic rings. The zero-order valence-corrected chi connectivity index (χ0v) is 11.0. The third-order valence-corrected chi connectivity index (χ3v) is 2.99. The van der Waals surface area contributed by atoms with Crippen LogP contribution >= 0.6 is 0 Å². The van der Waals surface area contributed by atoms with E-state index in [1.54, 1.807) is 0 Å². The van der Waals surface area contributed by atoms with Gasteiger partial charge in [-0.05, 0) is 49.9 Å². The van der Waals surface area contributed by atoms with Crippen molar-refractivity contribution in [3.63, 3.8) is 0 Å². The SMILES string of the molecule is Cc1cc(C)cc(NC(=O)NCC2CCCO2)c1. The highest BCUT2D eigenvalue weighted by molar-refractivity contribution is 5.89. The Morgan fingerprint density at radius 1 is 1.33 bits per heavy atom. The summed E-state index contributed by atoms with van der Waals surface area (Å²) in [6.07, 6.45) is 2.30. The van der Waals surface area contributed by atoms with Gasteiger partial charge in [-0.15, -0.1) is 0 Å². The molecule has 1 aliphatic heterocycles. The van der Waals surface area contributed by atoms with Gasteiger partial charge in [0.1, 0.15) is 0 Å². The fourth-order valence-electron chi connectivity index (χ4n) is 2.23. The monoisotopic (exact) mass is 248 g/mol. The number of benzene rings is 1. The maximum Gasteiger partial charge on any atom is 0.319 e. The summed E-state index contributed by atoms with van der Waals surface area (Å²) in [6.45, 7) is 5.42. The van der Waals surface area contributed by atoms with E-state index in [4.69, 9.17) is 4.74 Å². The third kappa shape index (κ3) is 3.74. The van der Waals surface area contributed by atoms with E-state index in [0.29, 0.717) is 6.54 Å². The fraction of sp³-hybridized carbons (Fsp3) is 0.500. The van der Waals surface area contributed by atoms with Crippen molar-refractivity contribution in [3.8, 4) is 0 Å². The lowest BCUT2D eigenvalue weighted by molar-refractivity contribution is 0.112. The largest absolute Gasteiger partial charge is 0.376 e. The molecule has 18 heavy (non-hydrogen) atoms. The number of hydrogen-bond donors (Lipinski definition) is 2. The van der Waals surface area contributed by atoms with E-state index in [0.717, 1.165) is 36.3 Å². The highest BCUT2D eigenvalue weighted by Gasteiger charge is 2.16. The first kappa shape index (κ1) is 12.9. The van der Waals surface area contributed by atoms with Crippen LogP contribution < -0.4 is 10.6 Å². The van der Waals surface area contributed by atoms with Crippen molar-refractivity contribution >= 4 is 11.7 Å². The molecule has 0 bridgehead atoms. The zero-order valence-electron chi connectivity index (χ0n) is 11.0. The van der Waals surface area contributed by atoms with Crippen LogP contribution in [0, 0.1) is 13.8 Å². The van der Waals surface area contributed by atoms with Gasteiger partial charge in [0.25, 0.3) is 0 Å². The Morgan fingerprint density at radius 3 is 2.67 bits per heavy atom. The molecule has 1 fully saturated rings. The van der Waals surface area contributed by atoms with Gasteiger partial charge in [0.2, 0.25) is 0 Å². The second kappa shape index (κ2) is 5.87. The Kier molecular flexibility index (Phi) is 4.20. The summed E-state index contributed by atoms with van der Waals surface area (Å²) in [5.41, 5.74) is 3.12. The van der Waals surface area contributed by atoms with E-state index in [1.807, 2.05) is 26.0 Å². The molecule has 0 spiro atoms. The van der Waals surface area contributed by atoms with Gasteiger partial charge >= 0.3 is 6.03 Å². The number of hydrogen-bond acceptors (Lipinski definition) is 2. The van der Waals surface area contributed by atoms with Gasteiger partial charge < -0.3 is 15.4 Å². The molecule has 1 aromatic rings. The Bertz CT molecular complexity index is 406. The molecule has 4 heteroatoms. The Morgan fingerprint density at radius 2 is 2.06 bits per heavy atom. The van der Waals surface area contributed by atoms with Crippen molar-refractivity contribution in [3.05, 3.63) is 29.3 Å². The van der Waals surface area contributed by atoms with E-state index in [2.05, 4.69) is 16.7 Å². The quantitative estimate of drug-likeness (QED) is 0.864. The molecule has 1 unspecified atom stereocenters. The minimum atomic E-state index is -0.171. The molecule has 2 rings (SSSR count). The lowest BCUT2D eigenvalue weighted by atomic mass is 10.1. The highest BCUT2D eigenvalue weighted by atomic mass is 16.5. The number of aryl methyl sites for hydroxylation is 2. The molecular formula is C14H20N2O2. The maximum absolute atomic E-state index is 11.7.